The van der Waals surface area contributed by atoms with Gasteiger partial charge in [-0.05, 0) is 30.2 Å². The molecular formula is C23H18N2. The van der Waals surface area contributed by atoms with Crippen LogP contribution in [0.25, 0.3) is 33.8 Å². The summed E-state index contributed by atoms with van der Waals surface area (Å²) in [6.45, 7) is 2.01. The first kappa shape index (κ1) is 15.3. The highest BCUT2D eigenvalue weighted by atomic mass is 14.9. The second-order valence-corrected chi connectivity index (χ2v) is 6.03. The highest BCUT2D eigenvalue weighted by Crippen LogP contribution is 2.26. The van der Waals surface area contributed by atoms with Crippen LogP contribution in [0.1, 0.15) is 5.69 Å². The fourth-order valence-electron chi connectivity index (χ4n) is 2.92. The average molecular weight is 322 g/mol. The zero-order valence-electron chi connectivity index (χ0n) is 14.1. The van der Waals surface area contributed by atoms with Gasteiger partial charge in [0, 0.05) is 16.8 Å². The summed E-state index contributed by atoms with van der Waals surface area (Å²) in [6.07, 6.45) is 0. The van der Waals surface area contributed by atoms with Crippen molar-refractivity contribution >= 4 is 0 Å². The van der Waals surface area contributed by atoms with Gasteiger partial charge in [0.05, 0.1) is 5.69 Å². The third-order valence-corrected chi connectivity index (χ3v) is 4.15. The molecule has 4 rings (SSSR count). The average Bonchev–Trinajstić information content (AvgIpc) is 2.69. The maximum absolute atomic E-state index is 4.80. The third kappa shape index (κ3) is 3.33. The topological polar surface area (TPSA) is 25.8 Å². The molecule has 3 aromatic carbocycles. The maximum Gasteiger partial charge on any atom is 0.160 e. The Morgan fingerprint density at radius 2 is 1.12 bits per heavy atom. The molecule has 0 atom stereocenters. The minimum atomic E-state index is 0.761. The molecule has 120 valence electrons. The van der Waals surface area contributed by atoms with Gasteiger partial charge in [-0.1, -0.05) is 78.9 Å². The van der Waals surface area contributed by atoms with Crippen molar-refractivity contribution in [2.45, 2.75) is 6.92 Å². The molecule has 0 radical (unpaired) electrons. The van der Waals surface area contributed by atoms with Gasteiger partial charge in [-0.2, -0.15) is 0 Å². The minimum Gasteiger partial charge on any atom is -0.233 e. The van der Waals surface area contributed by atoms with Gasteiger partial charge < -0.3 is 0 Å². The molecule has 4 aromatic rings. The molecule has 1 heterocycles. The smallest absolute Gasteiger partial charge is 0.160 e. The molecule has 25 heavy (non-hydrogen) atoms. The summed E-state index contributed by atoms with van der Waals surface area (Å²) >= 11 is 0. The van der Waals surface area contributed by atoms with E-state index >= 15 is 0 Å². The van der Waals surface area contributed by atoms with Crippen LogP contribution in [0.2, 0.25) is 0 Å². The quantitative estimate of drug-likeness (QED) is 0.477. The van der Waals surface area contributed by atoms with Crippen molar-refractivity contribution in [3.05, 3.63) is 96.7 Å². The molecule has 0 aliphatic heterocycles. The van der Waals surface area contributed by atoms with Crippen LogP contribution >= 0.6 is 0 Å². The van der Waals surface area contributed by atoms with Gasteiger partial charge in [-0.25, -0.2) is 9.97 Å². The lowest BCUT2D eigenvalue weighted by atomic mass is 10.0. The molecule has 0 N–H and O–H groups in total. The molecule has 0 amide bonds. The van der Waals surface area contributed by atoms with Crippen LogP contribution in [-0.2, 0) is 0 Å². The van der Waals surface area contributed by atoms with Crippen molar-refractivity contribution in [2.75, 3.05) is 0 Å². The first-order valence-electron chi connectivity index (χ1n) is 8.36. The van der Waals surface area contributed by atoms with E-state index in [9.17, 15) is 0 Å². The molecule has 0 bridgehead atoms. The molecule has 2 heteroatoms. The minimum absolute atomic E-state index is 0.761. The van der Waals surface area contributed by atoms with E-state index in [1.165, 1.54) is 11.1 Å². The molecular weight excluding hydrogens is 304 g/mol. The molecule has 0 unspecified atom stereocenters. The van der Waals surface area contributed by atoms with E-state index in [-0.39, 0.29) is 0 Å². The van der Waals surface area contributed by atoms with E-state index in [1.54, 1.807) is 0 Å². The van der Waals surface area contributed by atoms with Gasteiger partial charge >= 0.3 is 0 Å². The highest BCUT2D eigenvalue weighted by Gasteiger charge is 2.08. The summed E-state index contributed by atoms with van der Waals surface area (Å²) < 4.78 is 0. The number of aromatic nitrogens is 2. The van der Waals surface area contributed by atoms with Crippen molar-refractivity contribution in [3.63, 3.8) is 0 Å². The Morgan fingerprint density at radius 3 is 1.84 bits per heavy atom. The lowest BCUT2D eigenvalue weighted by Crippen LogP contribution is -1.95. The number of aryl methyl sites for hydroxylation is 1. The van der Waals surface area contributed by atoms with Crippen LogP contribution in [0.15, 0.2) is 91.0 Å². The summed E-state index contributed by atoms with van der Waals surface area (Å²) in [5, 5.41) is 0. The standard InChI is InChI=1S/C23H18N2/c1-17-15-22(19-11-6-3-7-12-19)25-23(24-17)21-14-8-13-20(16-21)18-9-4-2-5-10-18/h2-16H,1H3. The number of hydrogen-bond donors (Lipinski definition) is 0. The Kier molecular flexibility index (Phi) is 4.09. The van der Waals surface area contributed by atoms with Gasteiger partial charge in [0.25, 0.3) is 0 Å². The van der Waals surface area contributed by atoms with E-state index in [1.807, 2.05) is 37.3 Å². The molecule has 0 saturated carbocycles. The Morgan fingerprint density at radius 1 is 0.520 bits per heavy atom. The van der Waals surface area contributed by atoms with Gasteiger partial charge in [0.1, 0.15) is 0 Å². The summed E-state index contributed by atoms with van der Waals surface area (Å²) in [6, 6.07) is 31.0. The largest absolute Gasteiger partial charge is 0.233 e. The van der Waals surface area contributed by atoms with Crippen LogP contribution in [0.5, 0.6) is 0 Å². The lowest BCUT2D eigenvalue weighted by Gasteiger charge is -2.08. The molecule has 0 saturated heterocycles. The van der Waals surface area contributed by atoms with E-state index in [4.69, 9.17) is 4.98 Å². The van der Waals surface area contributed by atoms with Crippen molar-refractivity contribution < 1.29 is 0 Å². The number of rotatable bonds is 3. The monoisotopic (exact) mass is 322 g/mol. The molecule has 0 fully saturated rings. The highest BCUT2D eigenvalue weighted by molar-refractivity contribution is 5.71. The molecule has 1 aromatic heterocycles. The predicted molar refractivity (Wildman–Crippen MR) is 103 cm³/mol. The van der Waals surface area contributed by atoms with Crippen LogP contribution < -0.4 is 0 Å². The second-order valence-electron chi connectivity index (χ2n) is 6.03. The van der Waals surface area contributed by atoms with Crippen molar-refractivity contribution in [1.82, 2.24) is 9.97 Å². The second kappa shape index (κ2) is 6.70. The molecule has 0 spiro atoms. The summed E-state index contributed by atoms with van der Waals surface area (Å²) in [5.41, 5.74) is 6.42. The van der Waals surface area contributed by atoms with Crippen LogP contribution in [0.3, 0.4) is 0 Å². The SMILES string of the molecule is Cc1cc(-c2ccccc2)nc(-c2cccc(-c3ccccc3)c2)n1. The first-order valence-corrected chi connectivity index (χ1v) is 8.36. The van der Waals surface area contributed by atoms with Crippen LogP contribution in [-0.4, -0.2) is 9.97 Å². The number of hydrogen-bond acceptors (Lipinski definition) is 2. The zero-order valence-corrected chi connectivity index (χ0v) is 14.1. The van der Waals surface area contributed by atoms with E-state index in [0.717, 1.165) is 28.3 Å². The molecule has 0 aliphatic carbocycles. The number of nitrogens with zero attached hydrogens (tertiary/aromatic N) is 2. The van der Waals surface area contributed by atoms with Gasteiger partial charge in [0.2, 0.25) is 0 Å². The van der Waals surface area contributed by atoms with Gasteiger partial charge in [-0.3, -0.25) is 0 Å². The van der Waals surface area contributed by atoms with Gasteiger partial charge in [0.15, 0.2) is 5.82 Å². The summed E-state index contributed by atoms with van der Waals surface area (Å²) in [5.74, 6) is 0.761. The Hall–Kier alpha value is -3.26. The van der Waals surface area contributed by atoms with E-state index < -0.39 is 0 Å². The lowest BCUT2D eigenvalue weighted by molar-refractivity contribution is 1.12. The summed E-state index contributed by atoms with van der Waals surface area (Å²) in [7, 11) is 0. The Bertz CT molecular complexity index is 993. The summed E-state index contributed by atoms with van der Waals surface area (Å²) in [4.78, 5) is 9.45. The first-order chi connectivity index (χ1) is 12.3. The fourth-order valence-corrected chi connectivity index (χ4v) is 2.92. The third-order valence-electron chi connectivity index (χ3n) is 4.15. The van der Waals surface area contributed by atoms with Crippen molar-refractivity contribution in [1.29, 1.82) is 0 Å². The zero-order chi connectivity index (χ0) is 17.1. The number of benzene rings is 3. The van der Waals surface area contributed by atoms with E-state index in [2.05, 4.69) is 65.6 Å². The van der Waals surface area contributed by atoms with Crippen LogP contribution in [0, 0.1) is 6.92 Å². The van der Waals surface area contributed by atoms with Crippen molar-refractivity contribution in [2.24, 2.45) is 0 Å². The molecule has 0 aliphatic rings. The maximum atomic E-state index is 4.80. The normalized spacial score (nSPS) is 10.6. The molecule has 2 nitrogen and oxygen atoms in total. The van der Waals surface area contributed by atoms with E-state index in [0.29, 0.717) is 0 Å². The Labute approximate surface area is 147 Å². The van der Waals surface area contributed by atoms with Crippen molar-refractivity contribution in [3.8, 4) is 33.8 Å². The fraction of sp³-hybridized carbons (Fsp3) is 0.0435. The van der Waals surface area contributed by atoms with Gasteiger partial charge in [-0.15, -0.1) is 0 Å². The van der Waals surface area contributed by atoms with Crippen LogP contribution in [0.4, 0.5) is 0 Å². The predicted octanol–water partition coefficient (Wildman–Crippen LogP) is 5.79. The Balaban J connectivity index is 1.79.